The second-order valence-electron chi connectivity index (χ2n) is 4.13. The van der Waals surface area contributed by atoms with Crippen molar-refractivity contribution in [1.82, 2.24) is 4.90 Å². The lowest BCUT2D eigenvalue weighted by molar-refractivity contribution is 0.225. The maximum absolute atomic E-state index is 11.3. The second kappa shape index (κ2) is 4.94. The van der Waals surface area contributed by atoms with Gasteiger partial charge in [-0.15, -0.1) is 0 Å². The van der Waals surface area contributed by atoms with E-state index in [4.69, 9.17) is 11.1 Å². The van der Waals surface area contributed by atoms with E-state index < -0.39 is 9.84 Å². The molecule has 0 spiro atoms. The molecule has 0 saturated carbocycles. The molecule has 88 valence electrons. The average molecular weight is 233 g/mol. The zero-order chi connectivity index (χ0) is 11.5. The lowest BCUT2D eigenvalue weighted by Gasteiger charge is -2.32. The van der Waals surface area contributed by atoms with Gasteiger partial charge in [-0.05, 0) is 19.9 Å². The van der Waals surface area contributed by atoms with Gasteiger partial charge in [0.2, 0.25) is 0 Å². The zero-order valence-corrected chi connectivity index (χ0v) is 9.89. The maximum Gasteiger partial charge on any atom is 0.153 e. The lowest BCUT2D eigenvalue weighted by Crippen LogP contribution is -2.47. The van der Waals surface area contributed by atoms with E-state index in [1.165, 1.54) is 0 Å². The molecule has 0 aromatic carbocycles. The van der Waals surface area contributed by atoms with Crippen LogP contribution in [0.5, 0.6) is 0 Å². The highest BCUT2D eigenvalue weighted by Gasteiger charge is 2.27. The molecule has 1 atom stereocenters. The Morgan fingerprint density at radius 2 is 2.27 bits per heavy atom. The van der Waals surface area contributed by atoms with Crippen molar-refractivity contribution >= 4 is 15.7 Å². The fraction of sp³-hybridized carbons (Fsp3) is 0.889. The normalized spacial score (nSPS) is 26.3. The predicted molar refractivity (Wildman–Crippen MR) is 60.8 cm³/mol. The molecule has 1 unspecified atom stereocenters. The number of nitrogens with one attached hydrogen (secondary N) is 1. The molecule has 1 fully saturated rings. The topological polar surface area (TPSA) is 87.2 Å². The summed E-state index contributed by atoms with van der Waals surface area (Å²) in [5.74, 6) is 0.720. The van der Waals surface area contributed by atoms with Crippen LogP contribution in [-0.2, 0) is 9.84 Å². The number of sulfone groups is 1. The number of nitrogens with two attached hydrogens (primary N) is 1. The number of rotatable bonds is 4. The zero-order valence-electron chi connectivity index (χ0n) is 9.07. The van der Waals surface area contributed by atoms with Gasteiger partial charge in [0, 0.05) is 19.0 Å². The fourth-order valence-electron chi connectivity index (χ4n) is 1.84. The highest BCUT2D eigenvalue weighted by Crippen LogP contribution is 2.11. The van der Waals surface area contributed by atoms with Crippen LogP contribution in [0, 0.1) is 5.41 Å². The molecule has 1 aliphatic heterocycles. The van der Waals surface area contributed by atoms with E-state index in [-0.39, 0.29) is 23.4 Å². The third-order valence-corrected chi connectivity index (χ3v) is 4.49. The molecule has 3 N–H and O–H groups in total. The minimum absolute atomic E-state index is 0.0932. The summed E-state index contributed by atoms with van der Waals surface area (Å²) >= 11 is 0. The summed E-state index contributed by atoms with van der Waals surface area (Å²) in [6, 6.07) is 0.0932. The van der Waals surface area contributed by atoms with Crippen LogP contribution >= 0.6 is 0 Å². The summed E-state index contributed by atoms with van der Waals surface area (Å²) in [4.78, 5) is 2.16. The monoisotopic (exact) mass is 233 g/mol. The Morgan fingerprint density at radius 1 is 1.60 bits per heavy atom. The van der Waals surface area contributed by atoms with E-state index in [0.29, 0.717) is 13.0 Å². The Labute approximate surface area is 91.1 Å². The standard InChI is InChI=1S/C9H19N3O2S/c1-8-7-15(13,14)6-5-12(8)4-2-3-9(10)11/h8H,2-7H2,1H3,(H3,10,11). The van der Waals surface area contributed by atoms with E-state index >= 15 is 0 Å². The Kier molecular flexibility index (Phi) is 4.10. The first-order valence-corrected chi connectivity index (χ1v) is 7.00. The molecule has 0 aromatic rings. The summed E-state index contributed by atoms with van der Waals surface area (Å²) in [6.45, 7) is 3.38. The molecule has 0 radical (unpaired) electrons. The Hall–Kier alpha value is -0.620. The number of hydrogen-bond acceptors (Lipinski definition) is 4. The van der Waals surface area contributed by atoms with Crippen molar-refractivity contribution in [2.24, 2.45) is 5.73 Å². The van der Waals surface area contributed by atoms with Crippen LogP contribution < -0.4 is 5.73 Å². The molecular formula is C9H19N3O2S. The molecule has 1 heterocycles. The molecule has 1 saturated heterocycles. The third-order valence-electron chi connectivity index (χ3n) is 2.70. The molecule has 0 amide bonds. The molecule has 1 aliphatic rings. The van der Waals surface area contributed by atoms with Crippen molar-refractivity contribution in [3.05, 3.63) is 0 Å². The lowest BCUT2D eigenvalue weighted by atomic mass is 10.2. The van der Waals surface area contributed by atoms with E-state index in [1.807, 2.05) is 6.92 Å². The summed E-state index contributed by atoms with van der Waals surface area (Å²) in [5, 5.41) is 7.09. The predicted octanol–water partition coefficient (Wildman–Crippen LogP) is -0.179. The van der Waals surface area contributed by atoms with Gasteiger partial charge in [-0.2, -0.15) is 0 Å². The van der Waals surface area contributed by atoms with E-state index in [9.17, 15) is 8.42 Å². The van der Waals surface area contributed by atoms with Crippen LogP contribution in [0.1, 0.15) is 19.8 Å². The fourth-order valence-corrected chi connectivity index (χ4v) is 3.46. The summed E-state index contributed by atoms with van der Waals surface area (Å²) in [7, 11) is -2.81. The first kappa shape index (κ1) is 12.4. The first-order valence-electron chi connectivity index (χ1n) is 5.18. The van der Waals surface area contributed by atoms with Gasteiger partial charge < -0.3 is 5.73 Å². The van der Waals surface area contributed by atoms with Crippen molar-refractivity contribution in [3.8, 4) is 0 Å². The van der Waals surface area contributed by atoms with Gasteiger partial charge in [-0.3, -0.25) is 10.3 Å². The van der Waals surface area contributed by atoms with Crippen molar-refractivity contribution in [1.29, 1.82) is 5.41 Å². The Morgan fingerprint density at radius 3 is 2.80 bits per heavy atom. The first-order chi connectivity index (χ1) is 6.91. The molecule has 5 nitrogen and oxygen atoms in total. The van der Waals surface area contributed by atoms with E-state index in [2.05, 4.69) is 4.90 Å². The van der Waals surface area contributed by atoms with Crippen LogP contribution in [0.15, 0.2) is 0 Å². The van der Waals surface area contributed by atoms with Crippen molar-refractivity contribution < 1.29 is 8.42 Å². The largest absolute Gasteiger partial charge is 0.388 e. The Bertz CT molecular complexity index is 326. The molecule has 1 rings (SSSR count). The molecule has 0 aromatic heterocycles. The van der Waals surface area contributed by atoms with Crippen LogP contribution in [0.4, 0.5) is 0 Å². The second-order valence-corrected chi connectivity index (χ2v) is 6.36. The van der Waals surface area contributed by atoms with Crippen LogP contribution in [0.3, 0.4) is 0 Å². The van der Waals surface area contributed by atoms with Crippen molar-refractivity contribution in [2.45, 2.75) is 25.8 Å². The summed E-state index contributed by atoms with van der Waals surface area (Å²) < 4.78 is 22.6. The summed E-state index contributed by atoms with van der Waals surface area (Å²) in [6.07, 6.45) is 1.43. The van der Waals surface area contributed by atoms with Gasteiger partial charge >= 0.3 is 0 Å². The maximum atomic E-state index is 11.3. The van der Waals surface area contributed by atoms with Gasteiger partial charge in [0.15, 0.2) is 9.84 Å². The van der Waals surface area contributed by atoms with Gasteiger partial charge in [0.1, 0.15) is 0 Å². The van der Waals surface area contributed by atoms with Crippen LogP contribution in [-0.4, -0.2) is 49.8 Å². The van der Waals surface area contributed by atoms with Crippen LogP contribution in [0.2, 0.25) is 0 Å². The quantitative estimate of drug-likeness (QED) is 0.521. The smallest absolute Gasteiger partial charge is 0.153 e. The molecule has 6 heteroatoms. The Balaban J connectivity index is 2.35. The molecule has 15 heavy (non-hydrogen) atoms. The van der Waals surface area contributed by atoms with Crippen LogP contribution in [0.25, 0.3) is 0 Å². The van der Waals surface area contributed by atoms with Gasteiger partial charge in [-0.1, -0.05) is 0 Å². The molecule has 0 bridgehead atoms. The number of amidine groups is 1. The minimum Gasteiger partial charge on any atom is -0.388 e. The SMILES string of the molecule is CC1CS(=O)(=O)CCN1CCCC(=N)N. The molecule has 0 aliphatic carbocycles. The van der Waals surface area contributed by atoms with Gasteiger partial charge in [-0.25, -0.2) is 8.42 Å². The number of nitrogens with zero attached hydrogens (tertiary/aromatic N) is 1. The third kappa shape index (κ3) is 4.17. The average Bonchev–Trinajstić information content (AvgIpc) is 2.07. The summed E-state index contributed by atoms with van der Waals surface area (Å²) in [5.41, 5.74) is 5.25. The van der Waals surface area contributed by atoms with Crippen molar-refractivity contribution in [3.63, 3.8) is 0 Å². The van der Waals surface area contributed by atoms with E-state index in [1.54, 1.807) is 0 Å². The highest BCUT2D eigenvalue weighted by molar-refractivity contribution is 7.91. The molecular weight excluding hydrogens is 214 g/mol. The minimum atomic E-state index is -2.81. The van der Waals surface area contributed by atoms with Gasteiger partial charge in [0.05, 0.1) is 17.3 Å². The number of hydrogen-bond donors (Lipinski definition) is 2. The van der Waals surface area contributed by atoms with E-state index in [0.717, 1.165) is 13.0 Å². The van der Waals surface area contributed by atoms with Crippen molar-refractivity contribution in [2.75, 3.05) is 24.6 Å². The highest BCUT2D eigenvalue weighted by atomic mass is 32.2. The van der Waals surface area contributed by atoms with Gasteiger partial charge in [0.25, 0.3) is 0 Å².